The lowest BCUT2D eigenvalue weighted by Crippen LogP contribution is -2.50. The van der Waals surface area contributed by atoms with Gasteiger partial charge in [0.15, 0.2) is 5.96 Å². The van der Waals surface area contributed by atoms with Crippen molar-refractivity contribution < 1.29 is 14.3 Å². The Morgan fingerprint density at radius 3 is 2.34 bits per heavy atom. The summed E-state index contributed by atoms with van der Waals surface area (Å²) >= 11 is 0. The van der Waals surface area contributed by atoms with Gasteiger partial charge in [-0.3, -0.25) is 9.79 Å². The van der Waals surface area contributed by atoms with Gasteiger partial charge in [0.1, 0.15) is 11.8 Å². The van der Waals surface area contributed by atoms with E-state index in [0.29, 0.717) is 38.0 Å². The zero-order valence-corrected chi connectivity index (χ0v) is 20.0. The van der Waals surface area contributed by atoms with Crippen LogP contribution in [0.3, 0.4) is 0 Å². The molecule has 0 aliphatic heterocycles. The number of hydrogen-bond donors (Lipinski definition) is 3. The summed E-state index contributed by atoms with van der Waals surface area (Å²) in [5.41, 5.74) is 18.1. The number of aliphatic imine (C=N–C) groups is 1. The topological polar surface area (TPSA) is 137 Å². The summed E-state index contributed by atoms with van der Waals surface area (Å²) in [4.78, 5) is 31.6. The highest BCUT2D eigenvalue weighted by Crippen LogP contribution is 2.22. The summed E-state index contributed by atoms with van der Waals surface area (Å²) in [7, 11) is 1.58. The fourth-order valence-electron chi connectivity index (χ4n) is 3.88. The third kappa shape index (κ3) is 7.55. The molecular formula is C27H33N5O3. The molecule has 0 heterocycles. The van der Waals surface area contributed by atoms with Crippen LogP contribution in [0.5, 0.6) is 5.75 Å². The van der Waals surface area contributed by atoms with Crippen molar-refractivity contribution in [1.29, 1.82) is 0 Å². The maximum Gasteiger partial charge on any atom is 0.334 e. The molecule has 0 spiro atoms. The predicted octanol–water partition coefficient (Wildman–Crippen LogP) is 2.59. The van der Waals surface area contributed by atoms with Crippen molar-refractivity contribution in [3.05, 3.63) is 78.4 Å². The number of amides is 1. The molecule has 3 aromatic rings. The second-order valence-corrected chi connectivity index (χ2v) is 8.47. The average Bonchev–Trinajstić information content (AvgIpc) is 2.86. The van der Waals surface area contributed by atoms with Gasteiger partial charge < -0.3 is 26.8 Å². The van der Waals surface area contributed by atoms with E-state index in [0.717, 1.165) is 16.3 Å². The largest absolute Gasteiger partial charge is 0.425 e. The number of nitrogens with two attached hydrogens (primary N) is 3. The normalized spacial score (nSPS) is 12.5. The lowest BCUT2D eigenvalue weighted by atomic mass is 10.0. The summed E-state index contributed by atoms with van der Waals surface area (Å²) in [6.07, 6.45) is 1.95. The van der Waals surface area contributed by atoms with E-state index in [9.17, 15) is 9.59 Å². The van der Waals surface area contributed by atoms with Crippen LogP contribution in [0.2, 0.25) is 0 Å². The molecule has 0 saturated heterocycles. The number of nitrogens with zero attached hydrogens (tertiary/aromatic N) is 2. The SMILES string of the molecule is CN(C(=O)[C@@H](N)CCc1ccccc1)[C@@H](CCCN=C(N)N)C(=O)Oc1ccc2ccccc2c1. The van der Waals surface area contributed by atoms with Gasteiger partial charge in [-0.05, 0) is 54.2 Å². The van der Waals surface area contributed by atoms with Crippen LogP contribution in [0, 0.1) is 0 Å². The monoisotopic (exact) mass is 475 g/mol. The Morgan fingerprint density at radius 2 is 1.63 bits per heavy atom. The highest BCUT2D eigenvalue weighted by atomic mass is 16.5. The molecule has 2 atom stereocenters. The van der Waals surface area contributed by atoms with Crippen LogP contribution in [0.25, 0.3) is 10.8 Å². The quantitative estimate of drug-likeness (QED) is 0.128. The molecule has 35 heavy (non-hydrogen) atoms. The van der Waals surface area contributed by atoms with Crippen LogP contribution in [0.1, 0.15) is 24.8 Å². The van der Waals surface area contributed by atoms with E-state index >= 15 is 0 Å². The molecule has 6 N–H and O–H groups in total. The molecule has 8 nitrogen and oxygen atoms in total. The van der Waals surface area contributed by atoms with E-state index in [1.165, 1.54) is 4.90 Å². The number of fused-ring (bicyclic) bond motifs is 1. The summed E-state index contributed by atoms with van der Waals surface area (Å²) in [6, 6.07) is 21.5. The average molecular weight is 476 g/mol. The number of aryl methyl sites for hydroxylation is 1. The van der Waals surface area contributed by atoms with Gasteiger partial charge in [-0.15, -0.1) is 0 Å². The zero-order chi connectivity index (χ0) is 25.2. The van der Waals surface area contributed by atoms with Gasteiger partial charge in [0.05, 0.1) is 6.04 Å². The van der Waals surface area contributed by atoms with E-state index in [1.807, 2.05) is 60.7 Å². The Bertz CT molecular complexity index is 1160. The van der Waals surface area contributed by atoms with E-state index in [1.54, 1.807) is 19.2 Å². The first-order valence-corrected chi connectivity index (χ1v) is 11.7. The Balaban J connectivity index is 1.70. The van der Waals surface area contributed by atoms with Crippen molar-refractivity contribution in [2.24, 2.45) is 22.2 Å². The minimum atomic E-state index is -0.828. The summed E-state index contributed by atoms with van der Waals surface area (Å²) in [6.45, 7) is 0.337. The fraction of sp³-hybridized carbons (Fsp3) is 0.296. The number of esters is 1. The molecular weight excluding hydrogens is 442 g/mol. The highest BCUT2D eigenvalue weighted by Gasteiger charge is 2.31. The molecule has 0 aromatic heterocycles. The van der Waals surface area contributed by atoms with Crippen LogP contribution < -0.4 is 21.9 Å². The van der Waals surface area contributed by atoms with Crippen LogP contribution in [0.4, 0.5) is 0 Å². The number of guanidine groups is 1. The van der Waals surface area contributed by atoms with Gasteiger partial charge in [0.2, 0.25) is 5.91 Å². The predicted molar refractivity (Wildman–Crippen MR) is 139 cm³/mol. The van der Waals surface area contributed by atoms with Gasteiger partial charge in [0.25, 0.3) is 0 Å². The first-order valence-electron chi connectivity index (χ1n) is 11.7. The summed E-state index contributed by atoms with van der Waals surface area (Å²) in [5.74, 6) is -0.455. The lowest BCUT2D eigenvalue weighted by Gasteiger charge is -2.29. The molecule has 8 heteroatoms. The Morgan fingerprint density at radius 1 is 0.943 bits per heavy atom. The molecule has 0 saturated carbocycles. The maximum absolute atomic E-state index is 13.2. The first-order chi connectivity index (χ1) is 16.8. The smallest absolute Gasteiger partial charge is 0.334 e. The molecule has 0 aliphatic rings. The van der Waals surface area contributed by atoms with Crippen LogP contribution >= 0.6 is 0 Å². The van der Waals surface area contributed by atoms with Gasteiger partial charge in [-0.25, -0.2) is 4.79 Å². The first kappa shape index (κ1) is 25.7. The third-order valence-corrected chi connectivity index (χ3v) is 5.86. The second-order valence-electron chi connectivity index (χ2n) is 8.47. The third-order valence-electron chi connectivity index (χ3n) is 5.86. The Labute approximate surface area is 205 Å². The van der Waals surface area contributed by atoms with Gasteiger partial charge >= 0.3 is 5.97 Å². The second kappa shape index (κ2) is 12.5. The van der Waals surface area contributed by atoms with Crippen molar-refractivity contribution >= 4 is 28.6 Å². The molecule has 0 radical (unpaired) electrons. The molecule has 0 aliphatic carbocycles. The van der Waals surface area contributed by atoms with Crippen LogP contribution in [0.15, 0.2) is 77.8 Å². The minimum Gasteiger partial charge on any atom is -0.425 e. The number of benzene rings is 3. The van der Waals surface area contributed by atoms with Crippen molar-refractivity contribution in [2.45, 2.75) is 37.8 Å². The number of hydrogen-bond acceptors (Lipinski definition) is 5. The van der Waals surface area contributed by atoms with Crippen LogP contribution in [-0.4, -0.2) is 48.4 Å². The Kier molecular flexibility index (Phi) is 9.20. The van der Waals surface area contributed by atoms with Crippen LogP contribution in [-0.2, 0) is 16.0 Å². The van der Waals surface area contributed by atoms with Crippen molar-refractivity contribution in [3.63, 3.8) is 0 Å². The van der Waals surface area contributed by atoms with Gasteiger partial charge in [0, 0.05) is 13.6 Å². The molecule has 3 aromatic carbocycles. The minimum absolute atomic E-state index is 0.0207. The number of rotatable bonds is 11. The number of ether oxygens (including phenoxy) is 1. The van der Waals surface area contributed by atoms with E-state index in [4.69, 9.17) is 21.9 Å². The number of carbonyl (C=O) groups excluding carboxylic acids is 2. The van der Waals surface area contributed by atoms with E-state index in [2.05, 4.69) is 4.99 Å². The lowest BCUT2D eigenvalue weighted by molar-refractivity contribution is -0.147. The maximum atomic E-state index is 13.2. The molecule has 1 amide bonds. The zero-order valence-electron chi connectivity index (χ0n) is 20.0. The standard InChI is InChI=1S/C27H33N5O3/c1-32(25(33)23(28)16-13-19-8-3-2-4-9-19)24(12-7-17-31-27(29)30)26(34)35-22-15-14-20-10-5-6-11-21(20)18-22/h2-6,8-11,14-15,18,23-24H,7,12-13,16-17,28H2,1H3,(H4,29,30,31)/t23-,24-/m0/s1. The Hall–Kier alpha value is -3.91. The molecule has 0 bridgehead atoms. The van der Waals surface area contributed by atoms with Gasteiger partial charge in [-0.2, -0.15) is 0 Å². The number of carbonyl (C=O) groups is 2. The molecule has 0 fully saturated rings. The highest BCUT2D eigenvalue weighted by molar-refractivity contribution is 5.89. The van der Waals surface area contributed by atoms with E-state index in [-0.39, 0.29) is 11.9 Å². The summed E-state index contributed by atoms with van der Waals surface area (Å²) in [5, 5.41) is 1.99. The van der Waals surface area contributed by atoms with E-state index < -0.39 is 18.1 Å². The molecule has 3 rings (SSSR count). The number of likely N-dealkylation sites (N-methyl/N-ethyl adjacent to an activating group) is 1. The van der Waals surface area contributed by atoms with Crippen molar-refractivity contribution in [3.8, 4) is 5.75 Å². The van der Waals surface area contributed by atoms with Crippen molar-refractivity contribution in [1.82, 2.24) is 4.90 Å². The fourth-order valence-corrected chi connectivity index (χ4v) is 3.88. The van der Waals surface area contributed by atoms with Gasteiger partial charge in [-0.1, -0.05) is 60.7 Å². The van der Waals surface area contributed by atoms with Crippen molar-refractivity contribution in [2.75, 3.05) is 13.6 Å². The summed E-state index contributed by atoms with van der Waals surface area (Å²) < 4.78 is 5.68. The molecule has 184 valence electrons. The molecule has 0 unspecified atom stereocenters.